The van der Waals surface area contributed by atoms with Crippen LogP contribution < -0.4 is 11.0 Å². The van der Waals surface area contributed by atoms with Gasteiger partial charge >= 0.3 is 5.69 Å². The zero-order chi connectivity index (χ0) is 14.2. The first-order chi connectivity index (χ1) is 10.3. The Labute approximate surface area is 120 Å². The molecular weight excluding hydrogens is 266 g/mol. The number of H-pyrrole nitrogens is 2. The van der Waals surface area contributed by atoms with E-state index in [9.17, 15) is 4.79 Å². The van der Waals surface area contributed by atoms with Crippen molar-refractivity contribution in [2.24, 2.45) is 0 Å². The molecule has 3 aromatic rings. The summed E-state index contributed by atoms with van der Waals surface area (Å²) in [6, 6.07) is 7.73. The van der Waals surface area contributed by atoms with Crippen molar-refractivity contribution < 1.29 is 0 Å². The van der Waals surface area contributed by atoms with E-state index in [4.69, 9.17) is 0 Å². The van der Waals surface area contributed by atoms with Crippen LogP contribution in [0.1, 0.15) is 30.1 Å². The molecule has 1 aliphatic carbocycles. The van der Waals surface area contributed by atoms with Gasteiger partial charge in [-0.25, -0.2) is 14.8 Å². The summed E-state index contributed by atoms with van der Waals surface area (Å²) >= 11 is 0. The molecular formula is C15H15N5O. The largest absolute Gasteiger partial charge is 0.366 e. The van der Waals surface area contributed by atoms with Gasteiger partial charge in [0.05, 0.1) is 11.0 Å². The number of hydrogen-bond acceptors (Lipinski definition) is 4. The Hall–Kier alpha value is -2.63. The van der Waals surface area contributed by atoms with Gasteiger partial charge in [-0.15, -0.1) is 0 Å². The van der Waals surface area contributed by atoms with Crippen LogP contribution in [0.25, 0.3) is 11.0 Å². The number of fused-ring (bicyclic) bond motifs is 1. The SMILES string of the molecule is O=c1[nH]c2ccc(CNc3ccnc(C4CC4)n3)cc2[nH]1. The molecule has 0 unspecified atom stereocenters. The summed E-state index contributed by atoms with van der Waals surface area (Å²) in [6.45, 7) is 0.657. The Kier molecular flexibility index (Phi) is 2.73. The molecule has 0 spiro atoms. The smallest absolute Gasteiger partial charge is 0.323 e. The van der Waals surface area contributed by atoms with E-state index in [0.29, 0.717) is 12.5 Å². The number of rotatable bonds is 4. The quantitative estimate of drug-likeness (QED) is 0.683. The van der Waals surface area contributed by atoms with Crippen molar-refractivity contribution in [3.05, 3.63) is 52.3 Å². The number of imidazole rings is 1. The summed E-state index contributed by atoms with van der Waals surface area (Å²) < 4.78 is 0. The summed E-state index contributed by atoms with van der Waals surface area (Å²) in [7, 11) is 0. The topological polar surface area (TPSA) is 86.5 Å². The van der Waals surface area contributed by atoms with Gasteiger partial charge in [0.15, 0.2) is 0 Å². The zero-order valence-electron chi connectivity index (χ0n) is 11.4. The van der Waals surface area contributed by atoms with E-state index in [0.717, 1.165) is 28.2 Å². The van der Waals surface area contributed by atoms with Gasteiger partial charge in [-0.1, -0.05) is 6.07 Å². The van der Waals surface area contributed by atoms with Crippen molar-refractivity contribution in [3.63, 3.8) is 0 Å². The standard InChI is InChI=1S/C15H15N5O/c21-15-18-11-4-1-9(7-12(11)19-15)8-17-13-5-6-16-14(20-13)10-2-3-10/h1,4-7,10H,2-3,8H2,(H,16,17,20)(H2,18,19,21). The number of anilines is 1. The fraction of sp³-hybridized carbons (Fsp3) is 0.267. The highest BCUT2D eigenvalue weighted by atomic mass is 16.1. The third kappa shape index (κ3) is 2.52. The van der Waals surface area contributed by atoms with Crippen LogP contribution in [0, 0.1) is 0 Å². The monoisotopic (exact) mass is 281 g/mol. The molecule has 0 aliphatic heterocycles. The summed E-state index contributed by atoms with van der Waals surface area (Å²) in [5, 5.41) is 3.30. The molecule has 0 radical (unpaired) electrons. The second kappa shape index (κ2) is 4.73. The van der Waals surface area contributed by atoms with Gasteiger partial charge in [0.1, 0.15) is 11.6 Å². The zero-order valence-corrected chi connectivity index (χ0v) is 11.4. The molecule has 106 valence electrons. The number of aromatic nitrogens is 4. The summed E-state index contributed by atoms with van der Waals surface area (Å²) in [6.07, 6.45) is 4.19. The number of hydrogen-bond donors (Lipinski definition) is 3. The molecule has 0 bridgehead atoms. The Balaban J connectivity index is 1.51. The van der Waals surface area contributed by atoms with Crippen LogP contribution in [0.3, 0.4) is 0 Å². The number of nitrogens with one attached hydrogen (secondary N) is 3. The molecule has 0 atom stereocenters. The van der Waals surface area contributed by atoms with E-state index < -0.39 is 0 Å². The highest BCUT2D eigenvalue weighted by Crippen LogP contribution is 2.38. The van der Waals surface area contributed by atoms with Gasteiger partial charge in [-0.05, 0) is 36.6 Å². The highest BCUT2D eigenvalue weighted by Gasteiger charge is 2.26. The van der Waals surface area contributed by atoms with Crippen LogP contribution in [0.15, 0.2) is 35.3 Å². The van der Waals surface area contributed by atoms with Gasteiger partial charge < -0.3 is 15.3 Å². The van der Waals surface area contributed by atoms with E-state index in [1.54, 1.807) is 6.20 Å². The van der Waals surface area contributed by atoms with E-state index in [1.807, 2.05) is 24.3 Å². The van der Waals surface area contributed by atoms with Crippen molar-refractivity contribution >= 4 is 16.9 Å². The molecule has 6 heteroatoms. The van der Waals surface area contributed by atoms with Gasteiger partial charge in [0.2, 0.25) is 0 Å². The minimum Gasteiger partial charge on any atom is -0.366 e. The third-order valence-corrected chi connectivity index (χ3v) is 3.67. The number of nitrogens with zero attached hydrogens (tertiary/aromatic N) is 2. The molecule has 6 nitrogen and oxygen atoms in total. The lowest BCUT2D eigenvalue weighted by molar-refractivity contribution is 0.921. The molecule has 2 heterocycles. The summed E-state index contributed by atoms with van der Waals surface area (Å²) in [4.78, 5) is 25.6. The Morgan fingerprint density at radius 2 is 2.05 bits per heavy atom. The van der Waals surface area contributed by atoms with Gasteiger partial charge in [0, 0.05) is 18.7 Å². The molecule has 0 amide bonds. The molecule has 21 heavy (non-hydrogen) atoms. The third-order valence-electron chi connectivity index (χ3n) is 3.67. The average molecular weight is 281 g/mol. The van der Waals surface area contributed by atoms with Crippen molar-refractivity contribution in [1.29, 1.82) is 0 Å². The first-order valence-corrected chi connectivity index (χ1v) is 7.06. The first-order valence-electron chi connectivity index (χ1n) is 7.06. The van der Waals surface area contributed by atoms with Crippen LogP contribution >= 0.6 is 0 Å². The van der Waals surface area contributed by atoms with Crippen molar-refractivity contribution in [2.75, 3.05) is 5.32 Å². The normalized spacial score (nSPS) is 14.5. The van der Waals surface area contributed by atoms with Crippen LogP contribution in [-0.4, -0.2) is 19.9 Å². The Morgan fingerprint density at radius 3 is 2.90 bits per heavy atom. The average Bonchev–Trinajstić information content (AvgIpc) is 3.27. The minimum atomic E-state index is -0.181. The van der Waals surface area contributed by atoms with Gasteiger partial charge in [-0.2, -0.15) is 0 Å². The molecule has 1 aromatic carbocycles. The maximum absolute atomic E-state index is 11.2. The summed E-state index contributed by atoms with van der Waals surface area (Å²) in [5.41, 5.74) is 2.55. The lowest BCUT2D eigenvalue weighted by atomic mass is 10.2. The van der Waals surface area contributed by atoms with Crippen LogP contribution in [0.5, 0.6) is 0 Å². The van der Waals surface area contributed by atoms with Gasteiger partial charge in [0.25, 0.3) is 0 Å². The molecule has 1 aliphatic rings. The van der Waals surface area contributed by atoms with E-state index >= 15 is 0 Å². The van der Waals surface area contributed by atoms with E-state index in [1.165, 1.54) is 12.8 Å². The Bertz CT molecular complexity index is 846. The number of aromatic amines is 2. The van der Waals surface area contributed by atoms with Crippen molar-refractivity contribution in [1.82, 2.24) is 19.9 Å². The maximum Gasteiger partial charge on any atom is 0.323 e. The van der Waals surface area contributed by atoms with E-state index in [-0.39, 0.29) is 5.69 Å². The van der Waals surface area contributed by atoms with E-state index in [2.05, 4.69) is 25.3 Å². The first kappa shape index (κ1) is 12.1. The molecule has 1 fully saturated rings. The van der Waals surface area contributed by atoms with Crippen LogP contribution in [-0.2, 0) is 6.54 Å². The molecule has 2 aromatic heterocycles. The maximum atomic E-state index is 11.2. The second-order valence-corrected chi connectivity index (χ2v) is 5.39. The minimum absolute atomic E-state index is 0.181. The van der Waals surface area contributed by atoms with Crippen LogP contribution in [0.4, 0.5) is 5.82 Å². The van der Waals surface area contributed by atoms with Crippen molar-refractivity contribution in [2.45, 2.75) is 25.3 Å². The number of benzene rings is 1. The predicted molar refractivity (Wildman–Crippen MR) is 80.3 cm³/mol. The molecule has 0 saturated heterocycles. The van der Waals surface area contributed by atoms with Crippen molar-refractivity contribution in [3.8, 4) is 0 Å². The lowest BCUT2D eigenvalue weighted by Crippen LogP contribution is -2.03. The summed E-state index contributed by atoms with van der Waals surface area (Å²) in [5.74, 6) is 2.33. The van der Waals surface area contributed by atoms with Gasteiger partial charge in [-0.3, -0.25) is 0 Å². The fourth-order valence-electron chi connectivity index (χ4n) is 2.39. The molecule has 3 N–H and O–H groups in total. The Morgan fingerprint density at radius 1 is 1.19 bits per heavy atom. The predicted octanol–water partition coefficient (Wildman–Crippen LogP) is 2.14. The molecule has 4 rings (SSSR count). The fourth-order valence-corrected chi connectivity index (χ4v) is 2.39. The highest BCUT2D eigenvalue weighted by molar-refractivity contribution is 5.75. The molecule has 1 saturated carbocycles. The second-order valence-electron chi connectivity index (χ2n) is 5.39. The lowest BCUT2D eigenvalue weighted by Gasteiger charge is -2.07. The van der Waals surface area contributed by atoms with Crippen LogP contribution in [0.2, 0.25) is 0 Å².